The molecule has 0 saturated carbocycles. The predicted octanol–water partition coefficient (Wildman–Crippen LogP) is 1.29. The first-order chi connectivity index (χ1) is 10.9. The molecule has 0 saturated heterocycles. The molecule has 0 aliphatic carbocycles. The van der Waals surface area contributed by atoms with Gasteiger partial charge in [0.05, 0.1) is 25.9 Å². The van der Waals surface area contributed by atoms with E-state index in [0.717, 1.165) is 0 Å². The van der Waals surface area contributed by atoms with Crippen LogP contribution in [0.2, 0.25) is 0 Å². The molecule has 0 unspecified atom stereocenters. The molecule has 0 aliphatic heterocycles. The maximum atomic E-state index is 12.3. The minimum atomic E-state index is -0.941. The Labute approximate surface area is 134 Å². The number of nitrogens with one attached hydrogen (secondary N) is 1. The topological polar surface area (TPSA) is 105 Å². The molecule has 1 rings (SSSR count). The zero-order valence-corrected chi connectivity index (χ0v) is 13.2. The lowest BCUT2D eigenvalue weighted by Crippen LogP contribution is -2.42. The normalized spacial score (nSPS) is 12.4. The number of nitriles is 1. The summed E-state index contributed by atoms with van der Waals surface area (Å²) >= 11 is 0. The van der Waals surface area contributed by atoms with Gasteiger partial charge in [-0.05, 0) is 31.5 Å². The third kappa shape index (κ3) is 5.11. The fourth-order valence-corrected chi connectivity index (χ4v) is 1.91. The van der Waals surface area contributed by atoms with E-state index in [0.29, 0.717) is 0 Å². The summed E-state index contributed by atoms with van der Waals surface area (Å²) in [6, 6.07) is 6.97. The zero-order valence-electron chi connectivity index (χ0n) is 13.2. The van der Waals surface area contributed by atoms with Crippen molar-refractivity contribution in [2.24, 2.45) is 5.92 Å². The number of rotatable bonds is 6. The summed E-state index contributed by atoms with van der Waals surface area (Å²) in [5.41, 5.74) is 0.423. The third-order valence-corrected chi connectivity index (χ3v) is 3.15. The number of methoxy groups -OCH3 is 2. The fourth-order valence-electron chi connectivity index (χ4n) is 1.91. The first-order valence-electron chi connectivity index (χ1n) is 6.89. The second-order valence-corrected chi connectivity index (χ2v) is 4.89. The average Bonchev–Trinajstić information content (AvgIpc) is 2.59. The number of hydrogen-bond donors (Lipinski definition) is 1. The van der Waals surface area contributed by atoms with Crippen molar-refractivity contribution in [2.75, 3.05) is 14.2 Å². The van der Waals surface area contributed by atoms with Crippen LogP contribution in [0.25, 0.3) is 0 Å². The van der Waals surface area contributed by atoms with Crippen molar-refractivity contribution < 1.29 is 23.9 Å². The van der Waals surface area contributed by atoms with Crippen LogP contribution in [0, 0.1) is 17.2 Å². The largest absolute Gasteiger partial charge is 0.467 e. The molecule has 23 heavy (non-hydrogen) atoms. The lowest BCUT2D eigenvalue weighted by molar-refractivity contribution is -0.143. The second-order valence-electron chi connectivity index (χ2n) is 4.89. The van der Waals surface area contributed by atoms with Crippen LogP contribution in [0.3, 0.4) is 0 Å². The van der Waals surface area contributed by atoms with E-state index in [1.54, 1.807) is 6.92 Å². The SMILES string of the molecule is COC(=O)c1cccc(C(=O)N[C@H](C[C@H](C)C#N)C(=O)OC)c1. The van der Waals surface area contributed by atoms with Gasteiger partial charge in [-0.1, -0.05) is 6.07 Å². The summed E-state index contributed by atoms with van der Waals surface area (Å²) in [5.74, 6) is -2.18. The van der Waals surface area contributed by atoms with E-state index in [-0.39, 0.29) is 17.5 Å². The lowest BCUT2D eigenvalue weighted by atomic mass is 10.0. The number of benzene rings is 1. The van der Waals surface area contributed by atoms with E-state index in [9.17, 15) is 14.4 Å². The molecule has 0 heterocycles. The van der Waals surface area contributed by atoms with Crippen LogP contribution in [0.15, 0.2) is 24.3 Å². The molecule has 0 aromatic heterocycles. The molecule has 1 amide bonds. The molecular weight excluding hydrogens is 300 g/mol. The number of esters is 2. The van der Waals surface area contributed by atoms with Crippen LogP contribution in [0.5, 0.6) is 0 Å². The number of hydrogen-bond acceptors (Lipinski definition) is 6. The number of carbonyl (C=O) groups is 3. The summed E-state index contributed by atoms with van der Waals surface area (Å²) in [4.78, 5) is 35.5. The van der Waals surface area contributed by atoms with Gasteiger partial charge in [0, 0.05) is 11.5 Å². The molecule has 7 heteroatoms. The molecule has 122 valence electrons. The van der Waals surface area contributed by atoms with Crippen LogP contribution in [0.1, 0.15) is 34.1 Å². The molecular formula is C16H18N2O5. The van der Waals surface area contributed by atoms with Crippen molar-refractivity contribution in [1.82, 2.24) is 5.32 Å². The molecule has 0 fully saturated rings. The van der Waals surface area contributed by atoms with E-state index in [1.807, 2.05) is 6.07 Å². The lowest BCUT2D eigenvalue weighted by Gasteiger charge is -2.17. The highest BCUT2D eigenvalue weighted by atomic mass is 16.5. The van der Waals surface area contributed by atoms with Gasteiger partial charge in [0.2, 0.25) is 0 Å². The first-order valence-corrected chi connectivity index (χ1v) is 6.89. The molecule has 2 atom stereocenters. The highest BCUT2D eigenvalue weighted by Crippen LogP contribution is 2.10. The van der Waals surface area contributed by atoms with Gasteiger partial charge >= 0.3 is 11.9 Å². The monoisotopic (exact) mass is 318 g/mol. The van der Waals surface area contributed by atoms with E-state index in [2.05, 4.69) is 14.8 Å². The number of amides is 1. The Morgan fingerprint density at radius 1 is 1.22 bits per heavy atom. The Kier molecular flexibility index (Phi) is 6.74. The Hall–Kier alpha value is -2.88. The molecule has 0 aliphatic rings. The molecule has 7 nitrogen and oxygen atoms in total. The molecule has 0 spiro atoms. The fraction of sp³-hybridized carbons (Fsp3) is 0.375. The predicted molar refractivity (Wildman–Crippen MR) is 80.4 cm³/mol. The van der Waals surface area contributed by atoms with Crippen molar-refractivity contribution in [1.29, 1.82) is 5.26 Å². The van der Waals surface area contributed by atoms with E-state index in [4.69, 9.17) is 5.26 Å². The van der Waals surface area contributed by atoms with Gasteiger partial charge in [0.15, 0.2) is 0 Å². The van der Waals surface area contributed by atoms with Gasteiger partial charge < -0.3 is 14.8 Å². The Morgan fingerprint density at radius 3 is 2.43 bits per heavy atom. The highest BCUT2D eigenvalue weighted by Gasteiger charge is 2.24. The zero-order chi connectivity index (χ0) is 17.4. The van der Waals surface area contributed by atoms with E-state index >= 15 is 0 Å². The van der Waals surface area contributed by atoms with Crippen LogP contribution < -0.4 is 5.32 Å². The molecule has 1 aromatic rings. The summed E-state index contributed by atoms with van der Waals surface area (Å²) in [5, 5.41) is 11.4. The van der Waals surface area contributed by atoms with Crippen molar-refractivity contribution in [3.05, 3.63) is 35.4 Å². The third-order valence-electron chi connectivity index (χ3n) is 3.15. The van der Waals surface area contributed by atoms with Crippen molar-refractivity contribution >= 4 is 17.8 Å². The van der Waals surface area contributed by atoms with Gasteiger partial charge in [-0.15, -0.1) is 0 Å². The smallest absolute Gasteiger partial charge is 0.337 e. The summed E-state index contributed by atoms with van der Waals surface area (Å²) in [6.45, 7) is 1.64. The van der Waals surface area contributed by atoms with Gasteiger partial charge in [-0.25, -0.2) is 9.59 Å². The minimum absolute atomic E-state index is 0.131. The average molecular weight is 318 g/mol. The van der Waals surface area contributed by atoms with E-state index in [1.165, 1.54) is 38.5 Å². The van der Waals surface area contributed by atoms with Crippen LogP contribution in [-0.2, 0) is 14.3 Å². The highest BCUT2D eigenvalue weighted by molar-refractivity contribution is 5.99. The maximum Gasteiger partial charge on any atom is 0.337 e. The summed E-state index contributed by atoms with van der Waals surface area (Å²) in [6.07, 6.45) is 0.131. The molecule has 1 N–H and O–H groups in total. The molecule has 1 aromatic carbocycles. The quantitative estimate of drug-likeness (QED) is 0.792. The molecule has 0 radical (unpaired) electrons. The maximum absolute atomic E-state index is 12.3. The number of nitrogens with zero attached hydrogens (tertiary/aromatic N) is 1. The first kappa shape index (κ1) is 18.2. The summed E-state index contributed by atoms with van der Waals surface area (Å²) < 4.78 is 9.23. The molecule has 0 bridgehead atoms. The Morgan fingerprint density at radius 2 is 1.87 bits per heavy atom. The number of ether oxygens (including phenoxy) is 2. The van der Waals surface area contributed by atoms with Gasteiger partial charge in [-0.3, -0.25) is 4.79 Å². The Bertz CT molecular complexity index is 636. The van der Waals surface area contributed by atoms with Crippen molar-refractivity contribution in [3.63, 3.8) is 0 Å². The Balaban J connectivity index is 2.92. The van der Waals surface area contributed by atoms with Crippen LogP contribution in [-0.4, -0.2) is 38.1 Å². The summed E-state index contributed by atoms with van der Waals surface area (Å²) in [7, 11) is 2.45. The van der Waals surface area contributed by atoms with Crippen LogP contribution in [0.4, 0.5) is 0 Å². The van der Waals surface area contributed by atoms with Gasteiger partial charge in [-0.2, -0.15) is 5.26 Å². The standard InChI is InChI=1S/C16H18N2O5/c1-10(9-17)7-13(16(21)23-3)18-14(19)11-5-4-6-12(8-11)15(20)22-2/h4-6,8,10,13H,7H2,1-3H3,(H,18,19)/t10-,13+/m0/s1. The van der Waals surface area contributed by atoms with Gasteiger partial charge in [0.25, 0.3) is 5.91 Å². The van der Waals surface area contributed by atoms with Gasteiger partial charge in [0.1, 0.15) is 6.04 Å². The van der Waals surface area contributed by atoms with Crippen LogP contribution >= 0.6 is 0 Å². The minimum Gasteiger partial charge on any atom is -0.467 e. The van der Waals surface area contributed by atoms with Crippen molar-refractivity contribution in [2.45, 2.75) is 19.4 Å². The van der Waals surface area contributed by atoms with Crippen molar-refractivity contribution in [3.8, 4) is 6.07 Å². The number of carbonyl (C=O) groups excluding carboxylic acids is 3. The van der Waals surface area contributed by atoms with E-state index < -0.39 is 29.8 Å². The second kappa shape index (κ2) is 8.54.